The van der Waals surface area contributed by atoms with E-state index in [0.29, 0.717) is 0 Å². The van der Waals surface area contributed by atoms with Crippen LogP contribution in [0.15, 0.2) is 30.5 Å². The maximum absolute atomic E-state index is 5.94. The zero-order valence-corrected chi connectivity index (χ0v) is 15.1. The summed E-state index contributed by atoms with van der Waals surface area (Å²) in [6.07, 6.45) is 4.48. The molecule has 1 saturated heterocycles. The van der Waals surface area contributed by atoms with Crippen LogP contribution in [0.5, 0.6) is 0 Å². The molecule has 126 valence electrons. The van der Waals surface area contributed by atoms with Crippen molar-refractivity contribution in [2.24, 2.45) is 5.92 Å². The van der Waals surface area contributed by atoms with Gasteiger partial charge in [0.15, 0.2) is 0 Å². The van der Waals surface area contributed by atoms with Crippen LogP contribution in [0.4, 0.5) is 5.13 Å². The highest BCUT2D eigenvalue weighted by atomic mass is 35.5. The molecule has 24 heavy (non-hydrogen) atoms. The molecule has 1 aliphatic rings. The third-order valence-corrected chi connectivity index (χ3v) is 5.70. The largest absolute Gasteiger partial charge is 0.360 e. The highest BCUT2D eigenvalue weighted by Gasteiger charge is 2.17. The van der Waals surface area contributed by atoms with Crippen LogP contribution in [-0.2, 0) is 0 Å². The number of nitrogens with one attached hydrogen (secondary N) is 1. The predicted molar refractivity (Wildman–Crippen MR) is 100 cm³/mol. The first kappa shape index (κ1) is 15.9. The number of nitrogens with zero attached hydrogens (tertiary/aromatic N) is 4. The summed E-state index contributed by atoms with van der Waals surface area (Å²) in [6.45, 7) is 3.38. The number of anilines is 1. The van der Waals surface area contributed by atoms with Gasteiger partial charge in [-0.15, -0.1) is 5.10 Å². The van der Waals surface area contributed by atoms with Crippen LogP contribution in [-0.4, -0.2) is 46.2 Å². The van der Waals surface area contributed by atoms with E-state index in [4.69, 9.17) is 11.6 Å². The molecule has 5 nitrogen and oxygen atoms in total. The van der Waals surface area contributed by atoms with Crippen LogP contribution in [0.25, 0.3) is 16.2 Å². The molecule has 0 atom stereocenters. The molecule has 4 rings (SSSR count). The van der Waals surface area contributed by atoms with Crippen molar-refractivity contribution in [3.63, 3.8) is 0 Å². The lowest BCUT2D eigenvalue weighted by molar-refractivity contribution is 0.226. The number of hydrogen-bond acceptors (Lipinski definition) is 5. The lowest BCUT2D eigenvalue weighted by Gasteiger charge is -2.28. The van der Waals surface area contributed by atoms with Gasteiger partial charge in [-0.3, -0.25) is 0 Å². The molecule has 0 radical (unpaired) electrons. The molecule has 3 aromatic rings. The van der Waals surface area contributed by atoms with Gasteiger partial charge in [0.1, 0.15) is 0 Å². The summed E-state index contributed by atoms with van der Waals surface area (Å²) in [5.41, 5.74) is 1.98. The summed E-state index contributed by atoms with van der Waals surface area (Å²) in [6, 6.07) is 7.72. The molecule has 2 aromatic heterocycles. The van der Waals surface area contributed by atoms with E-state index in [-0.39, 0.29) is 0 Å². The second-order valence-corrected chi connectivity index (χ2v) is 7.79. The van der Waals surface area contributed by atoms with Crippen LogP contribution < -0.4 is 5.32 Å². The molecule has 0 saturated carbocycles. The number of likely N-dealkylation sites (tertiary alicyclic amines) is 1. The monoisotopic (exact) mass is 361 g/mol. The van der Waals surface area contributed by atoms with E-state index in [1.165, 1.54) is 25.9 Å². The van der Waals surface area contributed by atoms with E-state index in [2.05, 4.69) is 27.3 Å². The van der Waals surface area contributed by atoms with Gasteiger partial charge in [-0.2, -0.15) is 0 Å². The molecule has 1 N–H and O–H groups in total. The van der Waals surface area contributed by atoms with E-state index in [1.54, 1.807) is 11.3 Å². The number of aromatic nitrogens is 3. The fourth-order valence-electron chi connectivity index (χ4n) is 3.03. The Balaban J connectivity index is 1.43. The van der Waals surface area contributed by atoms with Crippen molar-refractivity contribution < 1.29 is 0 Å². The van der Waals surface area contributed by atoms with Crippen LogP contribution in [0.2, 0.25) is 5.02 Å². The minimum absolute atomic E-state index is 0.735. The predicted octanol–water partition coefficient (Wildman–Crippen LogP) is 3.86. The van der Waals surface area contributed by atoms with Gasteiger partial charge in [-0.1, -0.05) is 35.1 Å². The Hall–Kier alpha value is -1.63. The van der Waals surface area contributed by atoms with Gasteiger partial charge >= 0.3 is 0 Å². The molecule has 0 unspecified atom stereocenters. The second-order valence-electron chi connectivity index (χ2n) is 6.39. The van der Waals surface area contributed by atoms with Gasteiger partial charge in [-0.05, 0) is 51.0 Å². The van der Waals surface area contributed by atoms with Gasteiger partial charge in [0, 0.05) is 17.1 Å². The number of hydrogen-bond donors (Lipinski definition) is 1. The van der Waals surface area contributed by atoms with Gasteiger partial charge in [-0.25, -0.2) is 9.50 Å². The van der Waals surface area contributed by atoms with Crippen molar-refractivity contribution in [1.29, 1.82) is 0 Å². The molecule has 1 aromatic carbocycles. The summed E-state index contributed by atoms with van der Waals surface area (Å²) in [5, 5.41) is 9.76. The van der Waals surface area contributed by atoms with Crippen LogP contribution in [0, 0.1) is 5.92 Å². The van der Waals surface area contributed by atoms with E-state index >= 15 is 0 Å². The van der Waals surface area contributed by atoms with E-state index in [0.717, 1.165) is 38.8 Å². The zero-order valence-electron chi connectivity index (χ0n) is 13.6. The first-order valence-corrected chi connectivity index (χ1v) is 9.41. The van der Waals surface area contributed by atoms with Crippen molar-refractivity contribution >= 4 is 33.0 Å². The number of imidazole rings is 1. The SMILES string of the molecule is CN1CCC(CNc2nn3cc(-c4ccc(Cl)cc4)nc3s2)CC1. The Labute approximate surface area is 150 Å². The summed E-state index contributed by atoms with van der Waals surface area (Å²) < 4.78 is 1.85. The fraction of sp³-hybridized carbons (Fsp3) is 0.412. The highest BCUT2D eigenvalue weighted by Crippen LogP contribution is 2.26. The molecule has 1 aliphatic heterocycles. The Bertz CT molecular complexity index is 786. The average Bonchev–Trinajstić information content (AvgIpc) is 3.13. The van der Waals surface area contributed by atoms with Gasteiger partial charge < -0.3 is 10.2 Å². The molecule has 0 bridgehead atoms. The van der Waals surface area contributed by atoms with Crippen molar-refractivity contribution in [2.75, 3.05) is 32.0 Å². The molecule has 1 fully saturated rings. The number of halogens is 1. The molecule has 7 heteroatoms. The second kappa shape index (κ2) is 6.70. The summed E-state index contributed by atoms with van der Waals surface area (Å²) in [5.74, 6) is 0.738. The maximum Gasteiger partial charge on any atom is 0.214 e. The fourth-order valence-corrected chi connectivity index (χ4v) is 3.94. The topological polar surface area (TPSA) is 45.5 Å². The summed E-state index contributed by atoms with van der Waals surface area (Å²) in [4.78, 5) is 7.97. The normalized spacial score (nSPS) is 16.8. The number of fused-ring (bicyclic) bond motifs is 1. The Morgan fingerprint density at radius 2 is 2.00 bits per heavy atom. The smallest absolute Gasteiger partial charge is 0.214 e. The van der Waals surface area contributed by atoms with Gasteiger partial charge in [0.2, 0.25) is 10.1 Å². The molecule has 0 amide bonds. The quantitative estimate of drug-likeness (QED) is 0.766. The third kappa shape index (κ3) is 3.41. The minimum atomic E-state index is 0.735. The van der Waals surface area contributed by atoms with Crippen molar-refractivity contribution in [3.05, 3.63) is 35.5 Å². The molecular weight excluding hydrogens is 342 g/mol. The standard InChI is InChI=1S/C17H20ClN5S/c1-22-8-6-12(7-9-22)10-19-16-21-23-11-15(20-17(23)24-16)13-2-4-14(18)5-3-13/h2-5,11-12H,6-10H2,1H3,(H,19,21). The molecule has 0 aliphatic carbocycles. The van der Waals surface area contributed by atoms with E-state index in [1.807, 2.05) is 35.0 Å². The number of benzene rings is 1. The molecule has 3 heterocycles. The first-order chi connectivity index (χ1) is 11.7. The van der Waals surface area contributed by atoms with E-state index in [9.17, 15) is 0 Å². The molecule has 0 spiro atoms. The van der Waals surface area contributed by atoms with Crippen LogP contribution in [0.1, 0.15) is 12.8 Å². The summed E-state index contributed by atoms with van der Waals surface area (Å²) in [7, 11) is 2.19. The van der Waals surface area contributed by atoms with Gasteiger partial charge in [0.25, 0.3) is 0 Å². The summed E-state index contributed by atoms with van der Waals surface area (Å²) >= 11 is 7.54. The average molecular weight is 362 g/mol. The molecular formula is C17H20ClN5S. The van der Waals surface area contributed by atoms with Crippen molar-refractivity contribution in [1.82, 2.24) is 19.5 Å². The lowest BCUT2D eigenvalue weighted by Crippen LogP contribution is -2.32. The minimum Gasteiger partial charge on any atom is -0.360 e. The lowest BCUT2D eigenvalue weighted by atomic mass is 9.97. The Morgan fingerprint density at radius 3 is 2.71 bits per heavy atom. The Morgan fingerprint density at radius 1 is 1.25 bits per heavy atom. The van der Waals surface area contributed by atoms with Crippen molar-refractivity contribution in [3.8, 4) is 11.3 Å². The van der Waals surface area contributed by atoms with E-state index < -0.39 is 0 Å². The van der Waals surface area contributed by atoms with Gasteiger partial charge in [0.05, 0.1) is 11.9 Å². The van der Waals surface area contributed by atoms with Crippen LogP contribution >= 0.6 is 22.9 Å². The number of rotatable bonds is 4. The van der Waals surface area contributed by atoms with Crippen molar-refractivity contribution in [2.45, 2.75) is 12.8 Å². The zero-order chi connectivity index (χ0) is 16.5. The van der Waals surface area contributed by atoms with Crippen LogP contribution in [0.3, 0.4) is 0 Å². The third-order valence-electron chi connectivity index (χ3n) is 4.56. The maximum atomic E-state index is 5.94. The first-order valence-electron chi connectivity index (χ1n) is 8.22. The number of piperidine rings is 1. The highest BCUT2D eigenvalue weighted by molar-refractivity contribution is 7.20. The Kier molecular flexibility index (Phi) is 4.43.